The van der Waals surface area contributed by atoms with Crippen molar-refractivity contribution in [1.82, 2.24) is 0 Å². The van der Waals surface area contributed by atoms with Gasteiger partial charge in [0.15, 0.2) is 0 Å². The normalized spacial score (nSPS) is 26.0. The molecule has 0 aromatic heterocycles. The third-order valence-corrected chi connectivity index (χ3v) is 5.32. The predicted octanol–water partition coefficient (Wildman–Crippen LogP) is 1.25. The minimum Gasteiger partial charge on any atom is -0.381 e. The highest BCUT2D eigenvalue weighted by Gasteiger charge is 2.35. The molecule has 2 aliphatic rings. The number of fused-ring (bicyclic) bond motifs is 1. The van der Waals surface area contributed by atoms with E-state index >= 15 is 0 Å². The molecule has 1 aromatic carbocycles. The van der Waals surface area contributed by atoms with E-state index in [1.165, 1.54) is 6.07 Å². The summed E-state index contributed by atoms with van der Waals surface area (Å²) < 4.78 is 43.1. The van der Waals surface area contributed by atoms with Crippen molar-refractivity contribution in [3.8, 4) is 0 Å². The molecule has 0 aliphatic carbocycles. The van der Waals surface area contributed by atoms with Gasteiger partial charge in [-0.05, 0) is 37.0 Å². The molecule has 0 radical (unpaired) electrons. The Bertz CT molecular complexity index is 662. The molecule has 2 atom stereocenters. The molecule has 0 amide bonds. The highest BCUT2D eigenvalue weighted by Crippen LogP contribution is 2.35. The Labute approximate surface area is 123 Å². The lowest BCUT2D eigenvalue weighted by molar-refractivity contribution is 0.182. The van der Waals surface area contributed by atoms with Gasteiger partial charge in [-0.2, -0.15) is 0 Å². The molecule has 116 valence electrons. The van der Waals surface area contributed by atoms with Crippen LogP contribution in [0.1, 0.15) is 12.0 Å². The van der Waals surface area contributed by atoms with Crippen LogP contribution < -0.4 is 10.0 Å². The molecule has 3 rings (SSSR count). The number of benzene rings is 1. The zero-order valence-corrected chi connectivity index (χ0v) is 12.7. The summed E-state index contributed by atoms with van der Waals surface area (Å²) >= 11 is 0. The molecular formula is C14H19FN2O3S. The summed E-state index contributed by atoms with van der Waals surface area (Å²) in [6, 6.07) is 2.90. The second-order valence-electron chi connectivity index (χ2n) is 5.93. The SMILES string of the molecule is Cc1cc(F)c(S(N)(=O)=O)c(N2CCC3COCC3C2)c1. The van der Waals surface area contributed by atoms with Gasteiger partial charge in [-0.1, -0.05) is 0 Å². The largest absolute Gasteiger partial charge is 0.381 e. The fraction of sp³-hybridized carbons (Fsp3) is 0.571. The number of anilines is 1. The number of nitrogens with two attached hydrogens (primary N) is 1. The first-order valence-electron chi connectivity index (χ1n) is 7.02. The summed E-state index contributed by atoms with van der Waals surface area (Å²) in [5.41, 5.74) is 1.06. The molecular weight excluding hydrogens is 295 g/mol. The Kier molecular flexibility index (Phi) is 3.67. The maximum Gasteiger partial charge on any atom is 0.243 e. The zero-order chi connectivity index (χ0) is 15.2. The van der Waals surface area contributed by atoms with Crippen LogP contribution in [-0.4, -0.2) is 34.7 Å². The number of ether oxygens (including phenoxy) is 1. The number of primary sulfonamides is 1. The van der Waals surface area contributed by atoms with E-state index in [9.17, 15) is 12.8 Å². The number of sulfonamides is 1. The maximum atomic E-state index is 14.1. The van der Waals surface area contributed by atoms with Crippen molar-refractivity contribution in [1.29, 1.82) is 0 Å². The van der Waals surface area contributed by atoms with Gasteiger partial charge < -0.3 is 9.64 Å². The quantitative estimate of drug-likeness (QED) is 0.892. The van der Waals surface area contributed by atoms with Gasteiger partial charge in [0.05, 0.1) is 12.3 Å². The van der Waals surface area contributed by atoms with E-state index < -0.39 is 20.7 Å². The minimum absolute atomic E-state index is 0.371. The number of hydrogen-bond acceptors (Lipinski definition) is 4. The van der Waals surface area contributed by atoms with E-state index in [-0.39, 0.29) is 0 Å². The lowest BCUT2D eigenvalue weighted by Crippen LogP contribution is -2.41. The summed E-state index contributed by atoms with van der Waals surface area (Å²) in [5, 5.41) is 5.20. The Balaban J connectivity index is 2.01. The van der Waals surface area contributed by atoms with Crippen LogP contribution in [-0.2, 0) is 14.8 Å². The van der Waals surface area contributed by atoms with Crippen LogP contribution >= 0.6 is 0 Å². The Morgan fingerprint density at radius 2 is 2.05 bits per heavy atom. The van der Waals surface area contributed by atoms with Crippen LogP contribution in [0.25, 0.3) is 0 Å². The van der Waals surface area contributed by atoms with Gasteiger partial charge in [0, 0.05) is 25.6 Å². The third kappa shape index (κ3) is 2.77. The Morgan fingerprint density at radius 1 is 1.33 bits per heavy atom. The van der Waals surface area contributed by atoms with Gasteiger partial charge in [0.2, 0.25) is 10.0 Å². The van der Waals surface area contributed by atoms with E-state index in [1.54, 1.807) is 13.0 Å². The number of piperidine rings is 1. The fourth-order valence-electron chi connectivity index (χ4n) is 3.31. The highest BCUT2D eigenvalue weighted by atomic mass is 32.2. The van der Waals surface area contributed by atoms with Crippen molar-refractivity contribution in [2.75, 3.05) is 31.2 Å². The maximum absolute atomic E-state index is 14.1. The van der Waals surface area contributed by atoms with Crippen LogP contribution in [0.5, 0.6) is 0 Å². The third-order valence-electron chi connectivity index (χ3n) is 4.35. The molecule has 2 heterocycles. The topological polar surface area (TPSA) is 72.6 Å². The lowest BCUT2D eigenvalue weighted by Gasteiger charge is -2.36. The molecule has 2 fully saturated rings. The summed E-state index contributed by atoms with van der Waals surface area (Å²) in [7, 11) is -4.10. The van der Waals surface area contributed by atoms with E-state index in [2.05, 4.69) is 0 Å². The molecule has 7 heteroatoms. The predicted molar refractivity (Wildman–Crippen MR) is 77.1 cm³/mol. The summed E-state index contributed by atoms with van der Waals surface area (Å²) in [6.45, 7) is 4.56. The average Bonchev–Trinajstić information content (AvgIpc) is 2.82. The fourth-order valence-corrected chi connectivity index (χ4v) is 4.12. The van der Waals surface area contributed by atoms with Crippen molar-refractivity contribution in [2.45, 2.75) is 18.2 Å². The molecule has 2 N–H and O–H groups in total. The first-order valence-corrected chi connectivity index (χ1v) is 8.56. The zero-order valence-electron chi connectivity index (χ0n) is 11.9. The van der Waals surface area contributed by atoms with E-state index in [4.69, 9.17) is 9.88 Å². The van der Waals surface area contributed by atoms with Crippen LogP contribution in [0.4, 0.5) is 10.1 Å². The number of nitrogens with zero attached hydrogens (tertiary/aromatic N) is 1. The Hall–Kier alpha value is -1.18. The van der Waals surface area contributed by atoms with Gasteiger partial charge in [-0.3, -0.25) is 0 Å². The second kappa shape index (κ2) is 5.23. The van der Waals surface area contributed by atoms with Gasteiger partial charge in [0.25, 0.3) is 0 Å². The minimum atomic E-state index is -4.10. The van der Waals surface area contributed by atoms with Crippen molar-refractivity contribution < 1.29 is 17.5 Å². The summed E-state index contributed by atoms with van der Waals surface area (Å²) in [6.07, 6.45) is 0.921. The first kappa shape index (κ1) is 14.7. The summed E-state index contributed by atoms with van der Waals surface area (Å²) in [4.78, 5) is 1.52. The van der Waals surface area contributed by atoms with E-state index in [1.807, 2.05) is 4.90 Å². The number of hydrogen-bond donors (Lipinski definition) is 1. The lowest BCUT2D eigenvalue weighted by atomic mass is 9.88. The van der Waals surface area contributed by atoms with E-state index in [0.29, 0.717) is 42.8 Å². The smallest absolute Gasteiger partial charge is 0.243 e. The van der Waals surface area contributed by atoms with E-state index in [0.717, 1.165) is 13.0 Å². The molecule has 2 aliphatic heterocycles. The standard InChI is InChI=1S/C14H19FN2O3S/c1-9-4-12(15)14(21(16,18)19)13(5-9)17-3-2-10-7-20-8-11(10)6-17/h4-5,10-11H,2-3,6-8H2,1H3,(H2,16,18,19). The van der Waals surface area contributed by atoms with Crippen molar-refractivity contribution in [2.24, 2.45) is 17.0 Å². The van der Waals surface area contributed by atoms with Crippen molar-refractivity contribution >= 4 is 15.7 Å². The Morgan fingerprint density at radius 3 is 2.76 bits per heavy atom. The molecule has 21 heavy (non-hydrogen) atoms. The van der Waals surface area contributed by atoms with Gasteiger partial charge in [-0.25, -0.2) is 17.9 Å². The van der Waals surface area contributed by atoms with Crippen molar-refractivity contribution in [3.63, 3.8) is 0 Å². The molecule has 2 saturated heterocycles. The monoisotopic (exact) mass is 314 g/mol. The molecule has 0 bridgehead atoms. The van der Waals surface area contributed by atoms with Crippen molar-refractivity contribution in [3.05, 3.63) is 23.5 Å². The first-order chi connectivity index (χ1) is 9.86. The van der Waals surface area contributed by atoms with Crippen LogP contribution in [0.15, 0.2) is 17.0 Å². The number of rotatable bonds is 2. The summed E-state index contributed by atoms with van der Waals surface area (Å²) in [5.74, 6) is 0.113. The average molecular weight is 314 g/mol. The molecule has 2 unspecified atom stereocenters. The highest BCUT2D eigenvalue weighted by molar-refractivity contribution is 7.89. The number of halogens is 1. The van der Waals surface area contributed by atoms with Gasteiger partial charge >= 0.3 is 0 Å². The van der Waals surface area contributed by atoms with Crippen LogP contribution in [0.3, 0.4) is 0 Å². The van der Waals surface area contributed by atoms with Crippen LogP contribution in [0.2, 0.25) is 0 Å². The van der Waals surface area contributed by atoms with Crippen LogP contribution in [0, 0.1) is 24.6 Å². The van der Waals surface area contributed by atoms with Gasteiger partial charge in [-0.15, -0.1) is 0 Å². The van der Waals surface area contributed by atoms with Gasteiger partial charge in [0.1, 0.15) is 10.7 Å². The molecule has 0 saturated carbocycles. The molecule has 1 aromatic rings. The number of aryl methyl sites for hydroxylation is 1. The second-order valence-corrected chi connectivity index (χ2v) is 7.43. The molecule has 0 spiro atoms. The molecule has 5 nitrogen and oxygen atoms in total.